The van der Waals surface area contributed by atoms with Gasteiger partial charge in [-0.1, -0.05) is 193 Å². The minimum absolute atomic E-state index is 0.181. The van der Waals surface area contributed by atoms with E-state index >= 15 is 0 Å². The van der Waals surface area contributed by atoms with Crippen LogP contribution in [0.1, 0.15) is 226 Å². The minimum atomic E-state index is -0.882. The molecule has 3 atom stereocenters. The first-order chi connectivity index (χ1) is 23.7. The minimum Gasteiger partial charge on any atom is -0.481 e. The molecule has 0 saturated carbocycles. The van der Waals surface area contributed by atoms with Crippen LogP contribution in [0.15, 0.2) is 12.2 Å². The molecule has 0 aromatic carbocycles. The zero-order valence-electron chi connectivity index (χ0n) is 32.3. The highest BCUT2D eigenvalue weighted by Crippen LogP contribution is 2.25. The monoisotopic (exact) mass is 693 g/mol. The molecule has 6 nitrogen and oxygen atoms in total. The number of hydrogen-bond acceptors (Lipinski definition) is 3. The largest absolute Gasteiger partial charge is 0.481 e. The van der Waals surface area contributed by atoms with Gasteiger partial charge in [0.2, 0.25) is 0 Å². The van der Waals surface area contributed by atoms with Crippen molar-refractivity contribution >= 4 is 17.9 Å². The fourth-order valence-electron chi connectivity index (χ4n) is 7.11. The van der Waals surface area contributed by atoms with Crippen molar-refractivity contribution in [2.45, 2.75) is 226 Å². The van der Waals surface area contributed by atoms with E-state index in [0.717, 1.165) is 95.3 Å². The second kappa shape index (κ2) is 36.0. The van der Waals surface area contributed by atoms with Gasteiger partial charge in [-0.05, 0) is 43.9 Å². The number of carboxylic acid groups (broad SMARTS) is 3. The van der Waals surface area contributed by atoms with Crippen molar-refractivity contribution in [3.8, 4) is 0 Å². The Balaban J connectivity index is 3.50. The Morgan fingerprint density at radius 3 is 1.06 bits per heavy atom. The summed E-state index contributed by atoms with van der Waals surface area (Å²) in [5.41, 5.74) is 0. The molecule has 0 aliphatic carbocycles. The lowest BCUT2D eigenvalue weighted by Gasteiger charge is -2.19. The Bertz CT molecular complexity index is 793. The highest BCUT2D eigenvalue weighted by atomic mass is 16.4. The van der Waals surface area contributed by atoms with Gasteiger partial charge in [-0.2, -0.15) is 0 Å². The lowest BCUT2D eigenvalue weighted by Crippen LogP contribution is -2.13. The average molecular weight is 693 g/mol. The fourth-order valence-corrected chi connectivity index (χ4v) is 7.11. The molecular formula is C43H80O6. The molecule has 288 valence electrons. The third-order valence-corrected chi connectivity index (χ3v) is 10.8. The average Bonchev–Trinajstić information content (AvgIpc) is 3.06. The predicted octanol–water partition coefficient (Wildman–Crippen LogP) is 13.6. The molecule has 3 N–H and O–H groups in total. The Morgan fingerprint density at radius 1 is 0.429 bits per heavy atom. The lowest BCUT2D eigenvalue weighted by atomic mass is 9.86. The van der Waals surface area contributed by atoms with E-state index in [-0.39, 0.29) is 5.92 Å². The van der Waals surface area contributed by atoms with Crippen LogP contribution in [0.4, 0.5) is 0 Å². The van der Waals surface area contributed by atoms with Crippen LogP contribution in [-0.2, 0) is 14.4 Å². The standard InChI is InChI=1S/C43H80O6/c1-38(39(2)33-27-21-15-9-6-7-11-18-24-30-36-41(44)45)32-26-20-14-8-4-3-5-10-16-22-28-34-40(43(48)49)35-29-23-17-12-13-19-25-31-37-42(46)47/h31,37-40H,3-30,32-36H2,1-2H3,(H,44,45)(H,46,47)(H,48,49). The second-order valence-corrected chi connectivity index (χ2v) is 15.4. The summed E-state index contributed by atoms with van der Waals surface area (Å²) in [7, 11) is 0. The van der Waals surface area contributed by atoms with Gasteiger partial charge in [0.25, 0.3) is 0 Å². The number of allylic oxidation sites excluding steroid dienone is 1. The highest BCUT2D eigenvalue weighted by molar-refractivity contribution is 5.79. The Labute approximate surface area is 302 Å². The van der Waals surface area contributed by atoms with E-state index in [0.29, 0.717) is 6.42 Å². The molecule has 0 spiro atoms. The van der Waals surface area contributed by atoms with Crippen molar-refractivity contribution in [1.29, 1.82) is 0 Å². The molecule has 0 bridgehead atoms. The van der Waals surface area contributed by atoms with Crippen LogP contribution in [0, 0.1) is 17.8 Å². The number of carboxylic acids is 3. The first kappa shape index (κ1) is 47.1. The van der Waals surface area contributed by atoms with Crippen molar-refractivity contribution in [1.82, 2.24) is 0 Å². The number of carbonyl (C=O) groups is 3. The first-order valence-electron chi connectivity index (χ1n) is 21.1. The zero-order chi connectivity index (χ0) is 36.2. The maximum absolute atomic E-state index is 11.7. The predicted molar refractivity (Wildman–Crippen MR) is 206 cm³/mol. The number of hydrogen-bond donors (Lipinski definition) is 3. The van der Waals surface area contributed by atoms with E-state index in [2.05, 4.69) is 13.8 Å². The molecule has 0 heterocycles. The van der Waals surface area contributed by atoms with Gasteiger partial charge in [0, 0.05) is 12.5 Å². The van der Waals surface area contributed by atoms with E-state index in [9.17, 15) is 19.5 Å². The van der Waals surface area contributed by atoms with E-state index < -0.39 is 17.9 Å². The van der Waals surface area contributed by atoms with E-state index in [1.807, 2.05) is 0 Å². The topological polar surface area (TPSA) is 112 Å². The SMILES string of the molecule is CC(CCCCCCCCCCCCCC(CCCCCCCCC=CC(=O)O)C(=O)O)C(C)CCCCCCCCCCCCC(=O)O. The van der Waals surface area contributed by atoms with Gasteiger partial charge >= 0.3 is 17.9 Å². The van der Waals surface area contributed by atoms with Gasteiger partial charge in [-0.25, -0.2) is 4.79 Å². The van der Waals surface area contributed by atoms with Crippen molar-refractivity contribution in [2.24, 2.45) is 17.8 Å². The zero-order valence-corrected chi connectivity index (χ0v) is 32.3. The third-order valence-electron chi connectivity index (χ3n) is 10.8. The summed E-state index contributed by atoms with van der Waals surface area (Å²) in [5.74, 6) is -0.663. The van der Waals surface area contributed by atoms with Crippen LogP contribution in [0.2, 0.25) is 0 Å². The van der Waals surface area contributed by atoms with Crippen molar-refractivity contribution < 1.29 is 29.7 Å². The smallest absolute Gasteiger partial charge is 0.327 e. The molecule has 0 amide bonds. The molecule has 3 unspecified atom stereocenters. The van der Waals surface area contributed by atoms with Gasteiger partial charge in [0.15, 0.2) is 0 Å². The summed E-state index contributed by atoms with van der Waals surface area (Å²) in [5, 5.41) is 26.9. The Morgan fingerprint density at radius 2 is 0.735 bits per heavy atom. The summed E-state index contributed by atoms with van der Waals surface area (Å²) < 4.78 is 0. The van der Waals surface area contributed by atoms with Crippen LogP contribution in [0.25, 0.3) is 0 Å². The van der Waals surface area contributed by atoms with Crippen LogP contribution in [0.3, 0.4) is 0 Å². The molecule has 0 aromatic heterocycles. The summed E-state index contributed by atoms with van der Waals surface area (Å²) in [6.45, 7) is 4.92. The van der Waals surface area contributed by atoms with Crippen LogP contribution in [-0.4, -0.2) is 33.2 Å². The van der Waals surface area contributed by atoms with Crippen molar-refractivity contribution in [3.63, 3.8) is 0 Å². The molecule has 0 saturated heterocycles. The van der Waals surface area contributed by atoms with Gasteiger partial charge in [0.1, 0.15) is 0 Å². The molecule has 0 aliphatic heterocycles. The molecule has 0 aliphatic rings. The van der Waals surface area contributed by atoms with E-state index in [4.69, 9.17) is 10.2 Å². The molecule has 0 fully saturated rings. The van der Waals surface area contributed by atoms with Gasteiger partial charge in [-0.3, -0.25) is 9.59 Å². The van der Waals surface area contributed by atoms with Gasteiger partial charge in [-0.15, -0.1) is 0 Å². The molecule has 6 heteroatoms. The molecule has 49 heavy (non-hydrogen) atoms. The van der Waals surface area contributed by atoms with Crippen LogP contribution >= 0.6 is 0 Å². The fraction of sp³-hybridized carbons (Fsp3) is 0.884. The molecule has 0 rings (SSSR count). The second-order valence-electron chi connectivity index (χ2n) is 15.4. The normalized spacial score (nSPS) is 13.5. The number of unbranched alkanes of at least 4 members (excludes halogenated alkanes) is 25. The summed E-state index contributed by atoms with van der Waals surface area (Å²) in [6, 6.07) is 0. The highest BCUT2D eigenvalue weighted by Gasteiger charge is 2.16. The molecule has 0 aromatic rings. The number of rotatable bonds is 39. The Kier molecular flexibility index (Phi) is 34.6. The van der Waals surface area contributed by atoms with Crippen LogP contribution in [0.5, 0.6) is 0 Å². The van der Waals surface area contributed by atoms with Gasteiger partial charge in [0.05, 0.1) is 5.92 Å². The summed E-state index contributed by atoms with van der Waals surface area (Å²) >= 11 is 0. The Hall–Kier alpha value is -1.85. The van der Waals surface area contributed by atoms with Crippen molar-refractivity contribution in [2.75, 3.05) is 0 Å². The quantitative estimate of drug-likeness (QED) is 0.0436. The number of aliphatic carboxylic acids is 3. The maximum atomic E-state index is 11.7. The molecular weight excluding hydrogens is 612 g/mol. The van der Waals surface area contributed by atoms with E-state index in [1.54, 1.807) is 6.08 Å². The van der Waals surface area contributed by atoms with Crippen LogP contribution < -0.4 is 0 Å². The van der Waals surface area contributed by atoms with Gasteiger partial charge < -0.3 is 15.3 Å². The lowest BCUT2D eigenvalue weighted by molar-refractivity contribution is -0.142. The van der Waals surface area contributed by atoms with E-state index in [1.165, 1.54) is 128 Å². The molecule has 0 radical (unpaired) electrons. The summed E-state index contributed by atoms with van der Waals surface area (Å²) in [4.78, 5) is 32.6. The third kappa shape index (κ3) is 35.8. The first-order valence-corrected chi connectivity index (χ1v) is 21.1. The van der Waals surface area contributed by atoms with Crippen molar-refractivity contribution in [3.05, 3.63) is 12.2 Å². The maximum Gasteiger partial charge on any atom is 0.327 e. The summed E-state index contributed by atoms with van der Waals surface area (Å²) in [6.07, 6.45) is 41.7.